The first-order valence-electron chi connectivity index (χ1n) is 4.46. The van der Waals surface area contributed by atoms with Crippen molar-refractivity contribution in [2.24, 2.45) is 4.99 Å². The Morgan fingerprint density at radius 1 is 1.38 bits per heavy atom. The molecular weight excluding hydrogens is 170 g/mol. The molecule has 0 unspecified atom stereocenters. The van der Waals surface area contributed by atoms with Crippen LogP contribution in [0.1, 0.15) is 33.6 Å². The molecule has 0 aromatic heterocycles. The van der Waals surface area contributed by atoms with E-state index >= 15 is 0 Å². The first-order chi connectivity index (χ1) is 6.12. The summed E-state index contributed by atoms with van der Waals surface area (Å²) in [7, 11) is 0. The maximum Gasteiger partial charge on any atom is 0.235 e. The molecular formula is C9H17NO3. The average molecular weight is 187 g/mol. The third-order valence-corrected chi connectivity index (χ3v) is 1.43. The molecule has 0 amide bonds. The molecule has 0 radical (unpaired) electrons. The van der Waals surface area contributed by atoms with E-state index in [1.807, 2.05) is 0 Å². The molecule has 76 valence electrons. The van der Waals surface area contributed by atoms with E-state index in [2.05, 4.69) is 11.9 Å². The average Bonchev–Trinajstić information content (AvgIpc) is 2.04. The van der Waals surface area contributed by atoms with Crippen molar-refractivity contribution in [3.05, 3.63) is 0 Å². The van der Waals surface area contributed by atoms with Crippen molar-refractivity contribution in [3.8, 4) is 0 Å². The molecule has 0 N–H and O–H groups in total. The summed E-state index contributed by atoms with van der Waals surface area (Å²) in [6, 6.07) is 0. The van der Waals surface area contributed by atoms with Gasteiger partial charge in [-0.15, -0.1) is 0 Å². The number of rotatable bonds is 7. The summed E-state index contributed by atoms with van der Waals surface area (Å²) in [5.74, 6) is 0. The molecule has 0 aliphatic heterocycles. The lowest BCUT2D eigenvalue weighted by atomic mass is 10.1. The molecule has 0 aliphatic carbocycles. The summed E-state index contributed by atoms with van der Waals surface area (Å²) >= 11 is 0. The second kappa shape index (κ2) is 6.78. The fourth-order valence-corrected chi connectivity index (χ4v) is 0.604. The van der Waals surface area contributed by atoms with Gasteiger partial charge in [-0.05, 0) is 20.3 Å². The molecule has 0 rings (SSSR count). The molecule has 13 heavy (non-hydrogen) atoms. The number of unbranched alkanes of at least 4 members (excludes halogenated alkanes) is 1. The molecule has 0 aromatic rings. The van der Waals surface area contributed by atoms with Gasteiger partial charge in [-0.25, -0.2) is 14.6 Å². The van der Waals surface area contributed by atoms with Gasteiger partial charge in [0.05, 0.1) is 12.1 Å². The monoisotopic (exact) mass is 187 g/mol. The zero-order valence-corrected chi connectivity index (χ0v) is 8.50. The van der Waals surface area contributed by atoms with Crippen molar-refractivity contribution in [3.63, 3.8) is 0 Å². The molecule has 0 aliphatic rings. The van der Waals surface area contributed by atoms with Crippen LogP contribution in [-0.2, 0) is 14.6 Å². The molecule has 0 heterocycles. The van der Waals surface area contributed by atoms with Crippen molar-refractivity contribution >= 4 is 6.08 Å². The lowest BCUT2D eigenvalue weighted by Crippen LogP contribution is -2.24. The van der Waals surface area contributed by atoms with Gasteiger partial charge in [-0.2, -0.15) is 4.99 Å². The van der Waals surface area contributed by atoms with Crippen LogP contribution in [0, 0.1) is 0 Å². The van der Waals surface area contributed by atoms with Crippen LogP contribution in [0.3, 0.4) is 0 Å². The van der Waals surface area contributed by atoms with Gasteiger partial charge in [0, 0.05) is 0 Å². The molecule has 4 nitrogen and oxygen atoms in total. The topological polar surface area (TPSA) is 47.9 Å². The summed E-state index contributed by atoms with van der Waals surface area (Å²) in [5.41, 5.74) is -0.548. The third-order valence-electron chi connectivity index (χ3n) is 1.43. The van der Waals surface area contributed by atoms with Gasteiger partial charge < -0.3 is 0 Å². The molecule has 0 atom stereocenters. The van der Waals surface area contributed by atoms with Crippen molar-refractivity contribution in [1.82, 2.24) is 0 Å². The standard InChI is InChI=1S/C9H17NO3/c1-4-5-6-12-13-7-9(2,3)10-8-11/h4-7H2,1-3H3. The van der Waals surface area contributed by atoms with Crippen molar-refractivity contribution in [2.45, 2.75) is 39.2 Å². The van der Waals surface area contributed by atoms with E-state index in [9.17, 15) is 4.79 Å². The Balaban J connectivity index is 3.46. The second-order valence-corrected chi connectivity index (χ2v) is 3.45. The Hall–Kier alpha value is -0.700. The highest BCUT2D eigenvalue weighted by Crippen LogP contribution is 2.08. The van der Waals surface area contributed by atoms with Crippen molar-refractivity contribution in [1.29, 1.82) is 0 Å². The van der Waals surface area contributed by atoms with Gasteiger partial charge in [0.2, 0.25) is 6.08 Å². The molecule has 0 saturated heterocycles. The first-order valence-corrected chi connectivity index (χ1v) is 4.46. The molecule has 0 fully saturated rings. The van der Waals surface area contributed by atoms with Gasteiger partial charge >= 0.3 is 0 Å². The van der Waals surface area contributed by atoms with Crippen molar-refractivity contribution in [2.75, 3.05) is 13.2 Å². The lowest BCUT2D eigenvalue weighted by Gasteiger charge is -2.15. The largest absolute Gasteiger partial charge is 0.237 e. The Bertz CT molecular complexity index is 174. The minimum absolute atomic E-state index is 0.270. The second-order valence-electron chi connectivity index (χ2n) is 3.45. The number of nitrogens with zero attached hydrogens (tertiary/aromatic N) is 1. The van der Waals surface area contributed by atoms with Crippen LogP contribution in [-0.4, -0.2) is 24.8 Å². The molecule has 4 heteroatoms. The zero-order chi connectivity index (χ0) is 10.2. The van der Waals surface area contributed by atoms with Crippen molar-refractivity contribution < 1.29 is 14.6 Å². The summed E-state index contributed by atoms with van der Waals surface area (Å²) in [5, 5.41) is 0. The summed E-state index contributed by atoms with van der Waals surface area (Å²) in [4.78, 5) is 23.3. The Kier molecular flexibility index (Phi) is 6.41. The third kappa shape index (κ3) is 7.65. The van der Waals surface area contributed by atoms with E-state index in [4.69, 9.17) is 9.78 Å². The van der Waals surface area contributed by atoms with E-state index in [1.54, 1.807) is 13.8 Å². The van der Waals surface area contributed by atoms with Gasteiger partial charge in [0.1, 0.15) is 6.61 Å². The fourth-order valence-electron chi connectivity index (χ4n) is 0.604. The van der Waals surface area contributed by atoms with E-state index in [0.717, 1.165) is 12.8 Å². The summed E-state index contributed by atoms with van der Waals surface area (Å²) in [6.45, 7) is 6.48. The van der Waals surface area contributed by atoms with Crippen LogP contribution in [0.15, 0.2) is 4.99 Å². The summed E-state index contributed by atoms with van der Waals surface area (Å²) in [6.07, 6.45) is 3.54. The molecule has 0 aromatic carbocycles. The van der Waals surface area contributed by atoms with Gasteiger partial charge in [-0.1, -0.05) is 13.3 Å². The summed E-state index contributed by atoms with van der Waals surface area (Å²) < 4.78 is 0. The Morgan fingerprint density at radius 2 is 2.08 bits per heavy atom. The van der Waals surface area contributed by atoms with Crippen LogP contribution < -0.4 is 0 Å². The van der Waals surface area contributed by atoms with Crippen LogP contribution in [0.5, 0.6) is 0 Å². The van der Waals surface area contributed by atoms with Crippen LogP contribution in [0.4, 0.5) is 0 Å². The van der Waals surface area contributed by atoms with Crippen LogP contribution >= 0.6 is 0 Å². The predicted molar refractivity (Wildman–Crippen MR) is 49.0 cm³/mol. The van der Waals surface area contributed by atoms with E-state index in [1.165, 1.54) is 6.08 Å². The fraction of sp³-hybridized carbons (Fsp3) is 0.889. The molecule has 0 saturated carbocycles. The van der Waals surface area contributed by atoms with E-state index in [0.29, 0.717) is 6.61 Å². The Labute approximate surface area is 78.9 Å². The van der Waals surface area contributed by atoms with Crippen LogP contribution in [0.25, 0.3) is 0 Å². The molecule has 0 bridgehead atoms. The maximum absolute atomic E-state index is 9.97. The highest BCUT2D eigenvalue weighted by molar-refractivity contribution is 5.34. The van der Waals surface area contributed by atoms with Crippen LogP contribution in [0.2, 0.25) is 0 Å². The lowest BCUT2D eigenvalue weighted by molar-refractivity contribution is -0.301. The number of carbonyl (C=O) groups excluding carboxylic acids is 1. The minimum Gasteiger partial charge on any atom is -0.237 e. The normalized spacial score (nSPS) is 11.0. The number of isocyanates is 1. The zero-order valence-electron chi connectivity index (χ0n) is 8.50. The van der Waals surface area contributed by atoms with Gasteiger partial charge in [0.25, 0.3) is 0 Å². The van der Waals surface area contributed by atoms with E-state index in [-0.39, 0.29) is 6.61 Å². The predicted octanol–water partition coefficient (Wildman–Crippen LogP) is 1.85. The number of hydrogen-bond acceptors (Lipinski definition) is 4. The quantitative estimate of drug-likeness (QED) is 0.201. The maximum atomic E-state index is 9.97. The smallest absolute Gasteiger partial charge is 0.235 e. The first kappa shape index (κ1) is 12.3. The van der Waals surface area contributed by atoms with Gasteiger partial charge in [0.15, 0.2) is 0 Å². The highest BCUT2D eigenvalue weighted by Gasteiger charge is 2.16. The number of aliphatic imine (C=N–C) groups is 1. The minimum atomic E-state index is -0.548. The number of hydrogen-bond donors (Lipinski definition) is 0. The molecule has 0 spiro atoms. The highest BCUT2D eigenvalue weighted by atomic mass is 17.2. The van der Waals surface area contributed by atoms with E-state index < -0.39 is 5.54 Å². The SMILES string of the molecule is CCCCOOCC(C)(C)N=C=O. The van der Waals surface area contributed by atoms with Gasteiger partial charge in [-0.3, -0.25) is 0 Å². The Morgan fingerprint density at radius 3 is 2.62 bits per heavy atom.